The zero-order valence-electron chi connectivity index (χ0n) is 9.74. The minimum Gasteiger partial charge on any atom is -0.480 e. The highest BCUT2D eigenvalue weighted by Gasteiger charge is 2.31. The Balaban J connectivity index is 2.47. The molecule has 2 N–H and O–H groups in total. The second-order valence-electron chi connectivity index (χ2n) is 4.14. The SMILES string of the molecule is CNCCCC(=O)N1CCCC[C@H]1C(=O)O. The highest BCUT2D eigenvalue weighted by atomic mass is 16.4. The molecule has 92 valence electrons. The first-order valence-corrected chi connectivity index (χ1v) is 5.83. The van der Waals surface area contributed by atoms with Crippen LogP contribution in [-0.2, 0) is 9.59 Å². The molecule has 1 amide bonds. The van der Waals surface area contributed by atoms with E-state index >= 15 is 0 Å². The lowest BCUT2D eigenvalue weighted by atomic mass is 10.0. The van der Waals surface area contributed by atoms with Crippen LogP contribution in [0.3, 0.4) is 0 Å². The van der Waals surface area contributed by atoms with Crippen molar-refractivity contribution in [3.8, 4) is 0 Å². The Hall–Kier alpha value is -1.10. The number of nitrogens with zero attached hydrogens (tertiary/aromatic N) is 1. The first-order valence-electron chi connectivity index (χ1n) is 5.83. The van der Waals surface area contributed by atoms with Crippen LogP contribution >= 0.6 is 0 Å². The second kappa shape index (κ2) is 6.48. The summed E-state index contributed by atoms with van der Waals surface area (Å²) in [5.74, 6) is -0.899. The summed E-state index contributed by atoms with van der Waals surface area (Å²) in [4.78, 5) is 24.3. The summed E-state index contributed by atoms with van der Waals surface area (Å²) in [7, 11) is 1.84. The zero-order valence-corrected chi connectivity index (χ0v) is 9.74. The predicted octanol–water partition coefficient (Wildman–Crippen LogP) is 0.452. The number of amides is 1. The molecule has 0 aromatic carbocycles. The fraction of sp³-hybridized carbons (Fsp3) is 0.818. The van der Waals surface area contributed by atoms with E-state index in [-0.39, 0.29) is 5.91 Å². The lowest BCUT2D eigenvalue weighted by Crippen LogP contribution is -2.48. The number of rotatable bonds is 5. The van der Waals surface area contributed by atoms with Crippen molar-refractivity contribution in [3.05, 3.63) is 0 Å². The lowest BCUT2D eigenvalue weighted by molar-refractivity contribution is -0.152. The fourth-order valence-corrected chi connectivity index (χ4v) is 2.05. The van der Waals surface area contributed by atoms with Gasteiger partial charge in [-0.25, -0.2) is 4.79 Å². The van der Waals surface area contributed by atoms with E-state index in [4.69, 9.17) is 5.11 Å². The van der Waals surface area contributed by atoms with Crippen molar-refractivity contribution in [2.75, 3.05) is 20.1 Å². The Labute approximate surface area is 95.8 Å². The largest absolute Gasteiger partial charge is 0.480 e. The molecule has 0 spiro atoms. The van der Waals surface area contributed by atoms with Crippen molar-refractivity contribution in [2.45, 2.75) is 38.1 Å². The van der Waals surface area contributed by atoms with Gasteiger partial charge in [-0.1, -0.05) is 0 Å². The maximum absolute atomic E-state index is 11.8. The Bertz CT molecular complexity index is 256. The molecule has 1 saturated heterocycles. The van der Waals surface area contributed by atoms with Crippen LogP contribution in [-0.4, -0.2) is 48.1 Å². The molecular weight excluding hydrogens is 208 g/mol. The number of likely N-dealkylation sites (tertiary alicyclic amines) is 1. The van der Waals surface area contributed by atoms with Gasteiger partial charge in [0.15, 0.2) is 0 Å². The van der Waals surface area contributed by atoms with Crippen LogP contribution in [0.4, 0.5) is 0 Å². The second-order valence-corrected chi connectivity index (χ2v) is 4.14. The maximum Gasteiger partial charge on any atom is 0.326 e. The normalized spacial score (nSPS) is 20.8. The topological polar surface area (TPSA) is 69.6 Å². The van der Waals surface area contributed by atoms with Crippen LogP contribution in [0.15, 0.2) is 0 Å². The fourth-order valence-electron chi connectivity index (χ4n) is 2.05. The van der Waals surface area contributed by atoms with Gasteiger partial charge in [0.05, 0.1) is 0 Å². The summed E-state index contributed by atoms with van der Waals surface area (Å²) in [5, 5.41) is 12.0. The van der Waals surface area contributed by atoms with E-state index in [1.54, 1.807) is 0 Å². The number of hydrogen-bond acceptors (Lipinski definition) is 3. The van der Waals surface area contributed by atoms with E-state index in [2.05, 4.69) is 5.32 Å². The van der Waals surface area contributed by atoms with Crippen molar-refractivity contribution in [1.29, 1.82) is 0 Å². The summed E-state index contributed by atoms with van der Waals surface area (Å²) in [6.07, 6.45) is 3.61. The Kier molecular flexibility index (Phi) is 5.25. The van der Waals surface area contributed by atoms with Gasteiger partial charge < -0.3 is 15.3 Å². The molecule has 5 nitrogen and oxygen atoms in total. The molecule has 1 aliphatic rings. The third kappa shape index (κ3) is 3.48. The maximum atomic E-state index is 11.8. The standard InChI is InChI=1S/C11H20N2O3/c1-12-7-4-6-10(14)13-8-3-2-5-9(13)11(15)16/h9,12H,2-8H2,1H3,(H,15,16)/t9-/m0/s1. The van der Waals surface area contributed by atoms with Gasteiger partial charge in [0.2, 0.25) is 5.91 Å². The summed E-state index contributed by atoms with van der Waals surface area (Å²) < 4.78 is 0. The molecule has 0 bridgehead atoms. The number of piperidine rings is 1. The van der Waals surface area contributed by atoms with E-state index in [1.807, 2.05) is 7.05 Å². The highest BCUT2D eigenvalue weighted by Crippen LogP contribution is 2.18. The van der Waals surface area contributed by atoms with Crippen molar-refractivity contribution in [3.63, 3.8) is 0 Å². The summed E-state index contributed by atoms with van der Waals surface area (Å²) in [6.45, 7) is 1.38. The summed E-state index contributed by atoms with van der Waals surface area (Å²) in [6, 6.07) is -0.601. The minimum absolute atomic E-state index is 0.0256. The number of nitrogens with one attached hydrogen (secondary N) is 1. The molecule has 1 heterocycles. The van der Waals surface area contributed by atoms with Crippen LogP contribution in [0, 0.1) is 0 Å². The van der Waals surface area contributed by atoms with Crippen LogP contribution in [0.2, 0.25) is 0 Å². The zero-order chi connectivity index (χ0) is 12.0. The number of carboxylic acid groups (broad SMARTS) is 1. The molecule has 16 heavy (non-hydrogen) atoms. The van der Waals surface area contributed by atoms with Crippen molar-refractivity contribution < 1.29 is 14.7 Å². The quantitative estimate of drug-likeness (QED) is 0.670. The number of carbonyl (C=O) groups is 2. The minimum atomic E-state index is -0.873. The molecule has 1 rings (SSSR count). The van der Waals surface area contributed by atoms with Gasteiger partial charge >= 0.3 is 5.97 Å². The highest BCUT2D eigenvalue weighted by molar-refractivity contribution is 5.83. The Morgan fingerprint density at radius 2 is 2.19 bits per heavy atom. The average molecular weight is 228 g/mol. The smallest absolute Gasteiger partial charge is 0.326 e. The van der Waals surface area contributed by atoms with Crippen molar-refractivity contribution >= 4 is 11.9 Å². The number of carbonyl (C=O) groups excluding carboxylic acids is 1. The third-order valence-electron chi connectivity index (χ3n) is 2.93. The molecular formula is C11H20N2O3. The van der Waals surface area contributed by atoms with Gasteiger partial charge in [0.25, 0.3) is 0 Å². The van der Waals surface area contributed by atoms with Gasteiger partial charge in [-0.05, 0) is 39.3 Å². The molecule has 1 aliphatic heterocycles. The van der Waals surface area contributed by atoms with Crippen LogP contribution in [0.5, 0.6) is 0 Å². The van der Waals surface area contributed by atoms with Crippen molar-refractivity contribution in [1.82, 2.24) is 10.2 Å². The van der Waals surface area contributed by atoms with Gasteiger partial charge in [0, 0.05) is 13.0 Å². The van der Waals surface area contributed by atoms with E-state index in [9.17, 15) is 9.59 Å². The molecule has 5 heteroatoms. The van der Waals surface area contributed by atoms with E-state index < -0.39 is 12.0 Å². The van der Waals surface area contributed by atoms with E-state index in [0.717, 1.165) is 25.8 Å². The van der Waals surface area contributed by atoms with E-state index in [0.29, 0.717) is 19.4 Å². The van der Waals surface area contributed by atoms with Gasteiger partial charge in [-0.3, -0.25) is 4.79 Å². The van der Waals surface area contributed by atoms with Crippen molar-refractivity contribution in [2.24, 2.45) is 0 Å². The lowest BCUT2D eigenvalue weighted by Gasteiger charge is -2.33. The molecule has 0 radical (unpaired) electrons. The molecule has 1 fully saturated rings. The molecule has 0 aromatic rings. The first kappa shape index (κ1) is 13.0. The number of hydrogen-bond donors (Lipinski definition) is 2. The molecule has 0 saturated carbocycles. The van der Waals surface area contributed by atoms with E-state index in [1.165, 1.54) is 4.90 Å². The van der Waals surface area contributed by atoms with Crippen LogP contribution < -0.4 is 5.32 Å². The Morgan fingerprint density at radius 3 is 2.81 bits per heavy atom. The average Bonchev–Trinajstić information content (AvgIpc) is 2.29. The summed E-state index contributed by atoms with van der Waals surface area (Å²) in [5.41, 5.74) is 0. The van der Waals surface area contributed by atoms with Crippen LogP contribution in [0.1, 0.15) is 32.1 Å². The molecule has 0 aromatic heterocycles. The van der Waals surface area contributed by atoms with Gasteiger partial charge in [-0.15, -0.1) is 0 Å². The summed E-state index contributed by atoms with van der Waals surface area (Å²) >= 11 is 0. The van der Waals surface area contributed by atoms with Gasteiger partial charge in [-0.2, -0.15) is 0 Å². The monoisotopic (exact) mass is 228 g/mol. The third-order valence-corrected chi connectivity index (χ3v) is 2.93. The molecule has 1 atom stereocenters. The molecule has 0 unspecified atom stereocenters. The van der Waals surface area contributed by atoms with Gasteiger partial charge in [0.1, 0.15) is 6.04 Å². The van der Waals surface area contributed by atoms with Crippen LogP contribution in [0.25, 0.3) is 0 Å². The Morgan fingerprint density at radius 1 is 1.44 bits per heavy atom. The number of carboxylic acids is 1. The number of aliphatic carboxylic acids is 1. The predicted molar refractivity (Wildman–Crippen MR) is 60.1 cm³/mol. The molecule has 0 aliphatic carbocycles. The first-order chi connectivity index (χ1) is 7.66.